The molecule has 10 heteroatoms. The molecule has 0 rings (SSSR count). The molecule has 0 aliphatic heterocycles. The molecule has 0 heterocycles. The second-order valence-electron chi connectivity index (χ2n) is 1.86. The normalized spacial score (nSPS) is 7.61. The van der Waals surface area contributed by atoms with E-state index in [0.717, 1.165) is 0 Å². The van der Waals surface area contributed by atoms with E-state index >= 15 is 0 Å². The SMILES string of the molecule is CCO.CCO.CCO.CCOP(=O)(O)O.N.N. The van der Waals surface area contributed by atoms with Gasteiger partial charge in [0.15, 0.2) is 0 Å². The van der Waals surface area contributed by atoms with Gasteiger partial charge in [0, 0.05) is 19.8 Å². The fourth-order valence-corrected chi connectivity index (χ4v) is 0.505. The minimum absolute atomic E-state index is 0. The lowest BCUT2D eigenvalue weighted by molar-refractivity contribution is 0.206. The molecule has 0 saturated carbocycles. The molecule has 120 valence electrons. The predicted molar refractivity (Wildman–Crippen MR) is 72.0 cm³/mol. The molecule has 0 atom stereocenters. The van der Waals surface area contributed by atoms with Gasteiger partial charge in [-0.25, -0.2) is 4.57 Å². The molecular weight excluding hydrogens is 267 g/mol. The highest BCUT2D eigenvalue weighted by Gasteiger charge is 2.10. The Labute approximate surface area is 109 Å². The zero-order valence-electron chi connectivity index (χ0n) is 11.7. The van der Waals surface area contributed by atoms with Crippen molar-refractivity contribution in [3.63, 3.8) is 0 Å². The Bertz CT molecular complexity index is 130. The third-order valence-electron chi connectivity index (χ3n) is 0.297. The van der Waals surface area contributed by atoms with Crippen molar-refractivity contribution in [2.45, 2.75) is 27.7 Å². The van der Waals surface area contributed by atoms with Crippen molar-refractivity contribution in [1.82, 2.24) is 12.3 Å². The van der Waals surface area contributed by atoms with Crippen LogP contribution < -0.4 is 12.3 Å². The molecule has 0 amide bonds. The average molecular weight is 298 g/mol. The Hall–Kier alpha value is -0.0900. The average Bonchev–Trinajstić information content (AvgIpc) is 2.05. The summed E-state index contributed by atoms with van der Waals surface area (Å²) < 4.78 is 13.6. The second kappa shape index (κ2) is 36.0. The van der Waals surface area contributed by atoms with Crippen LogP contribution in [0.25, 0.3) is 0 Å². The van der Waals surface area contributed by atoms with Crippen LogP contribution >= 0.6 is 7.82 Å². The van der Waals surface area contributed by atoms with Gasteiger partial charge in [-0.05, 0) is 27.7 Å². The summed E-state index contributed by atoms with van der Waals surface area (Å²) in [4.78, 5) is 15.8. The lowest BCUT2D eigenvalue weighted by Crippen LogP contribution is -1.84. The van der Waals surface area contributed by atoms with Gasteiger partial charge in [0.1, 0.15) is 0 Å². The van der Waals surface area contributed by atoms with Gasteiger partial charge in [-0.2, -0.15) is 0 Å². The van der Waals surface area contributed by atoms with Crippen molar-refractivity contribution in [2.24, 2.45) is 0 Å². The van der Waals surface area contributed by atoms with Gasteiger partial charge in [-0.1, -0.05) is 0 Å². The molecule has 0 aliphatic rings. The Morgan fingerprint density at radius 1 is 0.833 bits per heavy atom. The first-order chi connectivity index (χ1) is 7.30. The topological polar surface area (TPSA) is 197 Å². The van der Waals surface area contributed by atoms with Gasteiger partial charge in [-0.15, -0.1) is 0 Å². The van der Waals surface area contributed by atoms with E-state index in [2.05, 4.69) is 4.52 Å². The van der Waals surface area contributed by atoms with Crippen LogP contribution in [0.5, 0.6) is 0 Å². The van der Waals surface area contributed by atoms with Gasteiger partial charge in [0.05, 0.1) is 6.61 Å². The predicted octanol–water partition coefficient (Wildman–Crippen LogP) is 0.435. The van der Waals surface area contributed by atoms with E-state index in [0.29, 0.717) is 0 Å². The van der Waals surface area contributed by atoms with Crippen LogP contribution in [0.2, 0.25) is 0 Å². The molecule has 0 aliphatic carbocycles. The molecule has 9 nitrogen and oxygen atoms in total. The van der Waals surface area contributed by atoms with Gasteiger partial charge in [-0.3, -0.25) is 4.52 Å². The summed E-state index contributed by atoms with van der Waals surface area (Å²) in [6, 6.07) is 0. The minimum Gasteiger partial charge on any atom is -0.397 e. The van der Waals surface area contributed by atoms with Crippen LogP contribution in [-0.2, 0) is 9.09 Å². The standard InChI is InChI=1S/C2H7O4P.3C2H6O.2H3N/c1-2-6-7(3,4)5;3*1-2-3;;/h2H2,1H3,(H2,3,4,5);3*3H,2H2,1H3;2*1H3. The van der Waals surface area contributed by atoms with Crippen molar-refractivity contribution in [3.8, 4) is 0 Å². The molecule has 0 saturated heterocycles. The number of rotatable bonds is 2. The molecule has 0 radical (unpaired) electrons. The molecule has 0 unspecified atom stereocenters. The lowest BCUT2D eigenvalue weighted by Gasteiger charge is -1.98. The van der Waals surface area contributed by atoms with Crippen LogP contribution in [-0.4, -0.2) is 51.5 Å². The van der Waals surface area contributed by atoms with Crippen molar-refractivity contribution in [3.05, 3.63) is 0 Å². The van der Waals surface area contributed by atoms with Crippen molar-refractivity contribution in [2.75, 3.05) is 26.4 Å². The summed E-state index contributed by atoms with van der Waals surface area (Å²) in [6.45, 7) is 7.35. The van der Waals surface area contributed by atoms with Crippen molar-refractivity contribution < 1.29 is 34.2 Å². The maximum atomic E-state index is 9.70. The maximum Gasteiger partial charge on any atom is 0.469 e. The molecule has 0 aromatic carbocycles. The van der Waals surface area contributed by atoms with Gasteiger partial charge < -0.3 is 37.4 Å². The molecule has 11 N–H and O–H groups in total. The maximum absolute atomic E-state index is 9.70. The Kier molecular flexibility index (Phi) is 72.1. The molecule has 18 heavy (non-hydrogen) atoms. The summed E-state index contributed by atoms with van der Waals surface area (Å²) in [6.07, 6.45) is 0. The van der Waals surface area contributed by atoms with Crippen LogP contribution in [0.1, 0.15) is 27.7 Å². The fraction of sp³-hybridized carbons (Fsp3) is 1.00. The second-order valence-corrected chi connectivity index (χ2v) is 3.10. The minimum atomic E-state index is -4.17. The van der Waals surface area contributed by atoms with Crippen LogP contribution in [0, 0.1) is 0 Å². The lowest BCUT2D eigenvalue weighted by atomic mass is 10.9. The summed E-state index contributed by atoms with van der Waals surface area (Å²) in [5.41, 5.74) is 0. The third kappa shape index (κ3) is 231. The van der Waals surface area contributed by atoms with Gasteiger partial charge in [0.2, 0.25) is 0 Å². The number of hydrogen-bond donors (Lipinski definition) is 7. The van der Waals surface area contributed by atoms with E-state index in [9.17, 15) is 4.57 Å². The van der Waals surface area contributed by atoms with Crippen molar-refractivity contribution in [1.29, 1.82) is 0 Å². The highest BCUT2D eigenvalue weighted by atomic mass is 31.2. The summed E-state index contributed by atoms with van der Waals surface area (Å²) in [5, 5.41) is 22.7. The third-order valence-corrected chi connectivity index (χ3v) is 0.892. The van der Waals surface area contributed by atoms with E-state index in [4.69, 9.17) is 25.1 Å². The Morgan fingerprint density at radius 2 is 1.00 bits per heavy atom. The number of phosphoric ester groups is 1. The zero-order chi connectivity index (χ0) is 14.0. The molecule has 0 spiro atoms. The van der Waals surface area contributed by atoms with E-state index in [1.165, 1.54) is 6.92 Å². The van der Waals surface area contributed by atoms with E-state index < -0.39 is 7.82 Å². The summed E-state index contributed by atoms with van der Waals surface area (Å²) in [7, 11) is -4.17. The van der Waals surface area contributed by atoms with Gasteiger partial charge in [0.25, 0.3) is 0 Å². The number of hydrogen-bond acceptors (Lipinski definition) is 7. The first-order valence-corrected chi connectivity index (χ1v) is 6.36. The van der Waals surface area contributed by atoms with E-state index in [1.54, 1.807) is 20.8 Å². The Morgan fingerprint density at radius 3 is 1.00 bits per heavy atom. The zero-order valence-corrected chi connectivity index (χ0v) is 12.6. The van der Waals surface area contributed by atoms with E-state index in [1.807, 2.05) is 0 Å². The molecule has 0 bridgehead atoms. The molecule has 0 aromatic heterocycles. The highest BCUT2D eigenvalue weighted by molar-refractivity contribution is 7.46. The first-order valence-electron chi connectivity index (χ1n) is 4.83. The largest absolute Gasteiger partial charge is 0.469 e. The number of aliphatic hydroxyl groups excluding tert-OH is 3. The Balaban J connectivity index is -0.0000000284. The van der Waals surface area contributed by atoms with E-state index in [-0.39, 0.29) is 38.7 Å². The molecular formula is C8H31N2O7P. The summed E-state index contributed by atoms with van der Waals surface area (Å²) >= 11 is 0. The van der Waals surface area contributed by atoms with Crippen LogP contribution in [0.3, 0.4) is 0 Å². The first kappa shape index (κ1) is 36.1. The quantitative estimate of drug-likeness (QED) is 0.353. The smallest absolute Gasteiger partial charge is 0.397 e. The van der Waals surface area contributed by atoms with Crippen LogP contribution in [0.4, 0.5) is 0 Å². The number of aliphatic hydroxyl groups is 3. The summed E-state index contributed by atoms with van der Waals surface area (Å²) in [5.74, 6) is 0. The molecule has 0 aromatic rings. The van der Waals surface area contributed by atoms with Crippen LogP contribution in [0.15, 0.2) is 0 Å². The van der Waals surface area contributed by atoms with Crippen molar-refractivity contribution >= 4 is 7.82 Å². The highest BCUT2D eigenvalue weighted by Crippen LogP contribution is 2.34. The molecule has 0 fully saturated rings. The number of phosphoric acid groups is 1. The monoisotopic (exact) mass is 298 g/mol. The van der Waals surface area contributed by atoms with Gasteiger partial charge >= 0.3 is 7.82 Å². The fourth-order valence-electron chi connectivity index (χ4n) is 0.168.